The first kappa shape index (κ1) is 30.3. The number of hydrogen-bond acceptors (Lipinski definition) is 5. The third-order valence-electron chi connectivity index (χ3n) is 5.71. The van der Waals surface area contributed by atoms with Crippen molar-refractivity contribution in [2.45, 2.75) is 85.0 Å². The molecule has 0 aliphatic rings. The van der Waals surface area contributed by atoms with E-state index in [0.717, 1.165) is 11.1 Å². The van der Waals surface area contributed by atoms with E-state index >= 15 is 0 Å². The van der Waals surface area contributed by atoms with Crippen molar-refractivity contribution in [1.82, 2.24) is 10.2 Å². The fourth-order valence-electron chi connectivity index (χ4n) is 4.12. The average Bonchev–Trinajstić information content (AvgIpc) is 2.77. The van der Waals surface area contributed by atoms with Crippen LogP contribution in [0.2, 0.25) is 0 Å². The zero-order chi connectivity index (χ0) is 28.8. The minimum atomic E-state index is -1.35. The first-order chi connectivity index (χ1) is 17.5. The van der Waals surface area contributed by atoms with Crippen LogP contribution < -0.4 is 16.4 Å². The summed E-state index contributed by atoms with van der Waals surface area (Å²) >= 11 is 0. The van der Waals surface area contributed by atoms with Crippen LogP contribution in [0.25, 0.3) is 0 Å². The number of hydrogen-bond donors (Lipinski definition) is 3. The van der Waals surface area contributed by atoms with Gasteiger partial charge in [0.2, 0.25) is 11.8 Å². The molecule has 0 spiro atoms. The number of nitrogens with one attached hydrogen (secondary N) is 2. The van der Waals surface area contributed by atoms with Gasteiger partial charge in [0.1, 0.15) is 17.7 Å². The summed E-state index contributed by atoms with van der Waals surface area (Å²) in [5, 5.41) is 5.49. The number of ether oxygens (including phenoxy) is 1. The van der Waals surface area contributed by atoms with Crippen molar-refractivity contribution in [1.29, 1.82) is 0 Å². The minimum absolute atomic E-state index is 0.438. The van der Waals surface area contributed by atoms with Gasteiger partial charge in [-0.1, -0.05) is 48.5 Å². The Kier molecular flexibility index (Phi) is 9.67. The molecular weight excluding hydrogens is 484 g/mol. The standard InChI is InChI=1S/C29H40N4O5/c1-18-13-12-14-19(2)23(18)32-25(35)24(20-15-10-9-11-16-20)33(28(3,4)5)26(36)21(17-22(30)34)31-27(37)38-29(6,7)8/h9-16,21,24H,17H2,1-8H3,(H2,30,34)(H,31,37)(H,32,35). The van der Waals surface area contributed by atoms with Crippen molar-refractivity contribution >= 4 is 29.5 Å². The first-order valence-electron chi connectivity index (χ1n) is 12.5. The highest BCUT2D eigenvalue weighted by molar-refractivity contribution is 6.00. The first-order valence-corrected chi connectivity index (χ1v) is 12.5. The molecular formula is C29H40N4O5. The molecule has 2 rings (SSSR count). The zero-order valence-electron chi connectivity index (χ0n) is 23.5. The molecule has 9 nitrogen and oxygen atoms in total. The maximum absolute atomic E-state index is 14.1. The maximum Gasteiger partial charge on any atom is 0.408 e. The molecule has 0 radical (unpaired) electrons. The number of rotatable bonds is 8. The Bertz CT molecular complexity index is 1150. The summed E-state index contributed by atoms with van der Waals surface area (Å²) in [6.45, 7) is 14.2. The SMILES string of the molecule is Cc1cccc(C)c1NC(=O)C(c1ccccc1)N(C(=O)C(CC(N)=O)NC(=O)OC(C)(C)C)C(C)(C)C. The van der Waals surface area contributed by atoms with Crippen molar-refractivity contribution in [3.63, 3.8) is 0 Å². The smallest absolute Gasteiger partial charge is 0.408 e. The second-order valence-electron chi connectivity index (χ2n) is 11.3. The lowest BCUT2D eigenvalue weighted by atomic mass is 9.94. The monoisotopic (exact) mass is 524 g/mol. The van der Waals surface area contributed by atoms with Crippen molar-refractivity contribution in [2.24, 2.45) is 5.73 Å². The van der Waals surface area contributed by atoms with Crippen LogP contribution in [0.1, 0.15) is 70.7 Å². The van der Waals surface area contributed by atoms with Gasteiger partial charge in [0, 0.05) is 11.2 Å². The van der Waals surface area contributed by atoms with Crippen LogP contribution in [0.5, 0.6) is 0 Å². The topological polar surface area (TPSA) is 131 Å². The van der Waals surface area contributed by atoms with Gasteiger partial charge in [-0.3, -0.25) is 14.4 Å². The summed E-state index contributed by atoms with van der Waals surface area (Å²) in [6.07, 6.45) is -1.34. The molecule has 38 heavy (non-hydrogen) atoms. The van der Waals surface area contributed by atoms with E-state index in [2.05, 4.69) is 10.6 Å². The van der Waals surface area contributed by atoms with Crippen LogP contribution in [0, 0.1) is 13.8 Å². The highest BCUT2D eigenvalue weighted by Crippen LogP contribution is 2.32. The molecule has 2 aromatic rings. The van der Waals surface area contributed by atoms with Gasteiger partial charge in [0.05, 0.1) is 6.42 Å². The summed E-state index contributed by atoms with van der Waals surface area (Å²) in [5.41, 5.74) is 6.68. The molecule has 0 heterocycles. The minimum Gasteiger partial charge on any atom is -0.444 e. The number of benzene rings is 2. The highest BCUT2D eigenvalue weighted by atomic mass is 16.6. The van der Waals surface area contributed by atoms with Gasteiger partial charge in [0.25, 0.3) is 5.91 Å². The molecule has 4 N–H and O–H groups in total. The van der Waals surface area contributed by atoms with E-state index in [9.17, 15) is 19.2 Å². The molecule has 4 amide bonds. The molecule has 2 atom stereocenters. The zero-order valence-corrected chi connectivity index (χ0v) is 23.5. The van der Waals surface area contributed by atoms with Crippen LogP contribution in [-0.2, 0) is 19.1 Å². The number of carbonyl (C=O) groups excluding carboxylic acids is 4. The number of nitrogens with two attached hydrogens (primary N) is 1. The number of carbonyl (C=O) groups is 4. The molecule has 0 bridgehead atoms. The Labute approximate surface area is 225 Å². The second kappa shape index (κ2) is 12.1. The summed E-state index contributed by atoms with van der Waals surface area (Å²) in [7, 11) is 0. The van der Waals surface area contributed by atoms with Crippen LogP contribution in [0.4, 0.5) is 10.5 Å². The van der Waals surface area contributed by atoms with Crippen molar-refractivity contribution in [2.75, 3.05) is 5.32 Å². The summed E-state index contributed by atoms with van der Waals surface area (Å²) < 4.78 is 5.31. The third kappa shape index (κ3) is 8.33. The summed E-state index contributed by atoms with van der Waals surface area (Å²) in [4.78, 5) is 53.9. The molecule has 0 saturated carbocycles. The van der Waals surface area contributed by atoms with Gasteiger partial charge in [-0.2, -0.15) is 0 Å². The lowest BCUT2D eigenvalue weighted by Gasteiger charge is -2.43. The van der Waals surface area contributed by atoms with Crippen LogP contribution in [-0.4, -0.2) is 45.9 Å². The number of aryl methyl sites for hydroxylation is 2. The number of nitrogens with zero attached hydrogens (tertiary/aromatic N) is 1. The number of amides is 4. The van der Waals surface area contributed by atoms with Gasteiger partial charge < -0.3 is 26.0 Å². The van der Waals surface area contributed by atoms with Gasteiger partial charge in [-0.25, -0.2) is 4.79 Å². The number of primary amides is 1. The molecule has 0 aliphatic carbocycles. The van der Waals surface area contributed by atoms with Crippen molar-refractivity contribution in [3.8, 4) is 0 Å². The van der Waals surface area contributed by atoms with Crippen LogP contribution in [0.3, 0.4) is 0 Å². The second-order valence-corrected chi connectivity index (χ2v) is 11.3. The highest BCUT2D eigenvalue weighted by Gasteiger charge is 2.42. The quantitative estimate of drug-likeness (QED) is 0.472. The fraction of sp³-hybridized carbons (Fsp3) is 0.448. The average molecular weight is 525 g/mol. The summed E-state index contributed by atoms with van der Waals surface area (Å²) in [5.74, 6) is -1.87. The van der Waals surface area contributed by atoms with E-state index < -0.39 is 53.5 Å². The van der Waals surface area contributed by atoms with Crippen molar-refractivity contribution in [3.05, 3.63) is 65.2 Å². The van der Waals surface area contributed by atoms with Crippen LogP contribution in [0.15, 0.2) is 48.5 Å². The Morgan fingerprint density at radius 1 is 0.895 bits per heavy atom. The molecule has 0 fully saturated rings. The van der Waals surface area contributed by atoms with E-state index in [1.807, 2.05) is 38.1 Å². The van der Waals surface area contributed by atoms with Gasteiger partial charge >= 0.3 is 6.09 Å². The molecule has 0 saturated heterocycles. The van der Waals surface area contributed by atoms with Gasteiger partial charge in [0.15, 0.2) is 0 Å². The summed E-state index contributed by atoms with van der Waals surface area (Å²) in [6, 6.07) is 12.1. The van der Waals surface area contributed by atoms with Crippen molar-refractivity contribution < 1.29 is 23.9 Å². The Balaban J connectivity index is 2.59. The van der Waals surface area contributed by atoms with E-state index in [4.69, 9.17) is 10.5 Å². The predicted octanol–water partition coefficient (Wildman–Crippen LogP) is 4.38. The molecule has 0 aliphatic heterocycles. The molecule has 0 aromatic heterocycles. The van der Waals surface area contributed by atoms with E-state index in [-0.39, 0.29) is 0 Å². The lowest BCUT2D eigenvalue weighted by Crippen LogP contribution is -2.58. The maximum atomic E-state index is 14.1. The van der Waals surface area contributed by atoms with Gasteiger partial charge in [-0.15, -0.1) is 0 Å². The van der Waals surface area contributed by atoms with E-state index in [1.165, 1.54) is 4.90 Å². The number of para-hydroxylation sites is 1. The molecule has 2 aromatic carbocycles. The normalized spacial score (nSPS) is 13.2. The number of anilines is 1. The Morgan fingerprint density at radius 2 is 1.45 bits per heavy atom. The van der Waals surface area contributed by atoms with Gasteiger partial charge in [-0.05, 0) is 72.1 Å². The molecule has 9 heteroatoms. The largest absolute Gasteiger partial charge is 0.444 e. The lowest BCUT2D eigenvalue weighted by molar-refractivity contribution is -0.147. The fourth-order valence-corrected chi connectivity index (χ4v) is 4.12. The van der Waals surface area contributed by atoms with E-state index in [0.29, 0.717) is 11.3 Å². The predicted molar refractivity (Wildman–Crippen MR) is 147 cm³/mol. The Hall–Kier alpha value is -3.88. The molecule has 206 valence electrons. The Morgan fingerprint density at radius 3 is 1.92 bits per heavy atom. The van der Waals surface area contributed by atoms with Crippen LogP contribution >= 0.6 is 0 Å². The third-order valence-corrected chi connectivity index (χ3v) is 5.71. The van der Waals surface area contributed by atoms with E-state index in [1.54, 1.807) is 65.8 Å². The number of alkyl carbamates (subject to hydrolysis) is 1. The molecule has 2 unspecified atom stereocenters.